The Morgan fingerprint density at radius 3 is 2.65 bits per heavy atom. The Labute approximate surface area is 124 Å². The van der Waals surface area contributed by atoms with Crippen LogP contribution in [0, 0.1) is 13.8 Å². The minimum Gasteiger partial charge on any atom is -0.353 e. The smallest absolute Gasteiger partial charge is 0.230 e. The van der Waals surface area contributed by atoms with E-state index < -0.39 is 0 Å². The van der Waals surface area contributed by atoms with Gasteiger partial charge in [-0.25, -0.2) is 4.98 Å². The third-order valence-corrected chi connectivity index (χ3v) is 5.27. The van der Waals surface area contributed by atoms with Gasteiger partial charge in [0.2, 0.25) is 5.91 Å². The predicted octanol–water partition coefficient (Wildman–Crippen LogP) is 2.99. The molecule has 0 aromatic carbocycles. The molecule has 0 bridgehead atoms. The topological polar surface area (TPSA) is 46.9 Å². The average molecular weight is 293 g/mol. The number of aryl methyl sites for hydroxylation is 1. The number of imidazole rings is 1. The van der Waals surface area contributed by atoms with E-state index in [4.69, 9.17) is 0 Å². The third-order valence-electron chi connectivity index (χ3n) is 4.32. The van der Waals surface area contributed by atoms with Gasteiger partial charge in [-0.1, -0.05) is 24.6 Å². The molecule has 2 fully saturated rings. The lowest BCUT2D eigenvalue weighted by Gasteiger charge is -2.16. The summed E-state index contributed by atoms with van der Waals surface area (Å²) in [5.74, 6) is 0.632. The van der Waals surface area contributed by atoms with Crippen molar-refractivity contribution in [3.05, 3.63) is 11.4 Å². The Morgan fingerprint density at radius 1 is 1.30 bits per heavy atom. The predicted molar refractivity (Wildman–Crippen MR) is 81.1 cm³/mol. The third kappa shape index (κ3) is 3.03. The van der Waals surface area contributed by atoms with E-state index in [0.29, 0.717) is 17.8 Å². The maximum atomic E-state index is 11.8. The molecule has 1 amide bonds. The fraction of sp³-hybridized carbons (Fsp3) is 0.733. The van der Waals surface area contributed by atoms with Crippen LogP contribution in [0.3, 0.4) is 0 Å². The summed E-state index contributed by atoms with van der Waals surface area (Å²) in [4.78, 5) is 16.5. The number of hydrogen-bond acceptors (Lipinski definition) is 3. The molecular formula is C15H23N3OS. The van der Waals surface area contributed by atoms with E-state index in [1.165, 1.54) is 31.4 Å². The van der Waals surface area contributed by atoms with E-state index in [-0.39, 0.29) is 5.91 Å². The quantitative estimate of drug-likeness (QED) is 0.849. The van der Waals surface area contributed by atoms with Crippen LogP contribution in [-0.4, -0.2) is 27.3 Å². The van der Waals surface area contributed by atoms with Crippen LogP contribution in [0.2, 0.25) is 0 Å². The Morgan fingerprint density at radius 2 is 2.00 bits per heavy atom. The Bertz CT molecular complexity index is 501. The van der Waals surface area contributed by atoms with Crippen molar-refractivity contribution in [2.75, 3.05) is 5.75 Å². The second-order valence-electron chi connectivity index (χ2n) is 6.00. The molecule has 2 saturated carbocycles. The summed E-state index contributed by atoms with van der Waals surface area (Å²) in [6, 6.07) is 1.03. The van der Waals surface area contributed by atoms with Crippen molar-refractivity contribution < 1.29 is 4.79 Å². The first-order chi connectivity index (χ1) is 9.65. The zero-order valence-electron chi connectivity index (χ0n) is 12.3. The number of thioether (sulfide) groups is 1. The second-order valence-corrected chi connectivity index (χ2v) is 6.95. The molecule has 1 N–H and O–H groups in total. The average Bonchev–Trinajstić information content (AvgIpc) is 2.97. The number of rotatable bonds is 5. The van der Waals surface area contributed by atoms with Crippen molar-refractivity contribution in [2.24, 2.45) is 0 Å². The van der Waals surface area contributed by atoms with Crippen molar-refractivity contribution in [1.29, 1.82) is 0 Å². The number of hydrogen-bond donors (Lipinski definition) is 1. The largest absolute Gasteiger partial charge is 0.353 e. The zero-order chi connectivity index (χ0) is 14.1. The van der Waals surface area contributed by atoms with Gasteiger partial charge in [0, 0.05) is 17.8 Å². The van der Waals surface area contributed by atoms with Crippen molar-refractivity contribution in [3.8, 4) is 0 Å². The van der Waals surface area contributed by atoms with Gasteiger partial charge < -0.3 is 9.88 Å². The molecule has 2 aliphatic carbocycles. The lowest BCUT2D eigenvalue weighted by Crippen LogP contribution is -2.27. The monoisotopic (exact) mass is 293 g/mol. The van der Waals surface area contributed by atoms with Crippen molar-refractivity contribution in [2.45, 2.75) is 69.6 Å². The van der Waals surface area contributed by atoms with Crippen LogP contribution in [0.5, 0.6) is 0 Å². The number of nitrogens with one attached hydrogen (secondary N) is 1. The highest BCUT2D eigenvalue weighted by Gasteiger charge is 2.25. The summed E-state index contributed by atoms with van der Waals surface area (Å²) < 4.78 is 2.37. The number of carbonyl (C=O) groups is 1. The van der Waals surface area contributed by atoms with Crippen molar-refractivity contribution in [3.63, 3.8) is 0 Å². The highest BCUT2D eigenvalue weighted by molar-refractivity contribution is 7.99. The van der Waals surface area contributed by atoms with Gasteiger partial charge >= 0.3 is 0 Å². The fourth-order valence-electron chi connectivity index (χ4n) is 2.92. The lowest BCUT2D eigenvalue weighted by atomic mass is 10.2. The summed E-state index contributed by atoms with van der Waals surface area (Å²) in [7, 11) is 0. The molecule has 3 rings (SSSR count). The SMILES string of the molecule is Cc1nc(SCC(=O)NC2CC2)n(C2CCCC2)c1C. The summed E-state index contributed by atoms with van der Waals surface area (Å²) in [6.07, 6.45) is 7.41. The molecule has 20 heavy (non-hydrogen) atoms. The zero-order valence-corrected chi connectivity index (χ0v) is 13.1. The van der Waals surface area contributed by atoms with Crippen molar-refractivity contribution in [1.82, 2.24) is 14.9 Å². The molecule has 0 aliphatic heterocycles. The minimum absolute atomic E-state index is 0.147. The lowest BCUT2D eigenvalue weighted by molar-refractivity contribution is -0.118. The van der Waals surface area contributed by atoms with Gasteiger partial charge in [-0.15, -0.1) is 0 Å². The molecule has 110 valence electrons. The summed E-state index contributed by atoms with van der Waals surface area (Å²) in [5.41, 5.74) is 2.36. The van der Waals surface area contributed by atoms with Gasteiger partial charge in [0.1, 0.15) is 0 Å². The molecule has 1 aromatic rings. The Hall–Kier alpha value is -0.970. The van der Waals surface area contributed by atoms with Gasteiger partial charge in [0.15, 0.2) is 5.16 Å². The number of carbonyl (C=O) groups excluding carboxylic acids is 1. The van der Waals surface area contributed by atoms with Crippen LogP contribution in [0.25, 0.3) is 0 Å². The van der Waals surface area contributed by atoms with Gasteiger partial charge in [-0.2, -0.15) is 0 Å². The van der Waals surface area contributed by atoms with Crippen LogP contribution in [-0.2, 0) is 4.79 Å². The number of aromatic nitrogens is 2. The normalized spacial score (nSPS) is 19.5. The van der Waals surface area contributed by atoms with Crippen LogP contribution in [0.4, 0.5) is 0 Å². The van der Waals surface area contributed by atoms with Gasteiger partial charge in [0.05, 0.1) is 11.4 Å². The van der Waals surface area contributed by atoms with Crippen LogP contribution >= 0.6 is 11.8 Å². The van der Waals surface area contributed by atoms with Crippen LogP contribution in [0.1, 0.15) is 56.0 Å². The van der Waals surface area contributed by atoms with E-state index in [2.05, 4.69) is 28.7 Å². The minimum atomic E-state index is 0.147. The van der Waals surface area contributed by atoms with Crippen LogP contribution in [0.15, 0.2) is 5.16 Å². The van der Waals surface area contributed by atoms with Gasteiger partial charge in [-0.3, -0.25) is 4.79 Å². The van der Waals surface area contributed by atoms with Gasteiger partial charge in [0.25, 0.3) is 0 Å². The highest BCUT2D eigenvalue weighted by atomic mass is 32.2. The Kier molecular flexibility index (Phi) is 4.06. The standard InChI is InChI=1S/C15H23N3OS/c1-10-11(2)18(13-5-3-4-6-13)15(16-10)20-9-14(19)17-12-7-8-12/h12-13H,3-9H2,1-2H3,(H,17,19). The highest BCUT2D eigenvalue weighted by Crippen LogP contribution is 2.35. The van der Waals surface area contributed by atoms with E-state index in [9.17, 15) is 4.79 Å². The molecule has 0 saturated heterocycles. The fourth-order valence-corrected chi connectivity index (χ4v) is 3.89. The first-order valence-electron chi connectivity index (χ1n) is 7.62. The van der Waals surface area contributed by atoms with Gasteiger partial charge in [-0.05, 0) is 39.5 Å². The van der Waals surface area contributed by atoms with Crippen LogP contribution < -0.4 is 5.32 Å². The first-order valence-corrected chi connectivity index (χ1v) is 8.61. The second kappa shape index (κ2) is 5.80. The maximum absolute atomic E-state index is 11.8. The van der Waals surface area contributed by atoms with Crippen molar-refractivity contribution >= 4 is 17.7 Å². The summed E-state index contributed by atoms with van der Waals surface area (Å²) in [5, 5.41) is 4.06. The molecule has 1 aromatic heterocycles. The van der Waals surface area contributed by atoms with E-state index in [1.54, 1.807) is 11.8 Å². The molecule has 4 nitrogen and oxygen atoms in total. The molecule has 1 heterocycles. The van der Waals surface area contributed by atoms with E-state index >= 15 is 0 Å². The maximum Gasteiger partial charge on any atom is 0.230 e. The summed E-state index contributed by atoms with van der Waals surface area (Å²) in [6.45, 7) is 4.21. The molecule has 0 unspecified atom stereocenters. The molecule has 5 heteroatoms. The molecule has 2 aliphatic rings. The number of amides is 1. The molecule has 0 spiro atoms. The Balaban J connectivity index is 1.67. The summed E-state index contributed by atoms with van der Waals surface area (Å²) >= 11 is 1.59. The molecule has 0 atom stereocenters. The number of nitrogens with zero attached hydrogens (tertiary/aromatic N) is 2. The van der Waals surface area contributed by atoms with E-state index in [0.717, 1.165) is 23.7 Å². The molecule has 0 radical (unpaired) electrons. The first kappa shape index (κ1) is 14.0. The van der Waals surface area contributed by atoms with E-state index in [1.807, 2.05) is 0 Å². The molecular weight excluding hydrogens is 270 g/mol.